The van der Waals surface area contributed by atoms with E-state index in [1.165, 1.54) is 11.3 Å². The Kier molecular flexibility index (Phi) is 3.20. The van der Waals surface area contributed by atoms with Gasteiger partial charge in [-0.05, 0) is 29.3 Å². The van der Waals surface area contributed by atoms with Gasteiger partial charge in [0.15, 0.2) is 0 Å². The van der Waals surface area contributed by atoms with Crippen LogP contribution in [0.1, 0.15) is 29.0 Å². The molecule has 1 unspecified atom stereocenters. The first-order chi connectivity index (χ1) is 8.50. The van der Waals surface area contributed by atoms with Crippen LogP contribution in [0.3, 0.4) is 0 Å². The summed E-state index contributed by atoms with van der Waals surface area (Å²) in [4.78, 5) is 23.0. The maximum absolute atomic E-state index is 11.8. The van der Waals surface area contributed by atoms with Gasteiger partial charge in [-0.1, -0.05) is 0 Å². The van der Waals surface area contributed by atoms with Crippen molar-refractivity contribution < 1.29 is 15.0 Å². The molecule has 2 aromatic rings. The van der Waals surface area contributed by atoms with Crippen molar-refractivity contribution in [2.45, 2.75) is 13.0 Å². The fourth-order valence-corrected chi connectivity index (χ4v) is 2.54. The first kappa shape index (κ1) is 12.4. The van der Waals surface area contributed by atoms with E-state index in [4.69, 9.17) is 5.11 Å². The zero-order valence-corrected chi connectivity index (χ0v) is 10.3. The van der Waals surface area contributed by atoms with Crippen molar-refractivity contribution in [3.63, 3.8) is 0 Å². The summed E-state index contributed by atoms with van der Waals surface area (Å²) in [5.74, 6) is -1.59. The van der Waals surface area contributed by atoms with Crippen LogP contribution in [-0.2, 0) is 0 Å². The Morgan fingerprint density at radius 3 is 2.72 bits per heavy atom. The molecule has 1 atom stereocenters. The molecule has 5 nitrogen and oxygen atoms in total. The topological polar surface area (TPSA) is 79.5 Å². The second-order valence-corrected chi connectivity index (χ2v) is 4.62. The molecular formula is C12H11NO4S. The minimum absolute atomic E-state index is 0.223. The zero-order chi connectivity index (χ0) is 13.3. The van der Waals surface area contributed by atoms with Crippen molar-refractivity contribution in [1.29, 1.82) is 0 Å². The molecule has 0 saturated heterocycles. The van der Waals surface area contributed by atoms with Crippen LogP contribution < -0.4 is 5.56 Å². The van der Waals surface area contributed by atoms with Crippen LogP contribution in [0.4, 0.5) is 0 Å². The normalized spacial score (nSPS) is 12.3. The molecule has 0 spiro atoms. The molecule has 2 rings (SSSR count). The van der Waals surface area contributed by atoms with E-state index >= 15 is 0 Å². The van der Waals surface area contributed by atoms with Gasteiger partial charge in [-0.25, -0.2) is 4.79 Å². The van der Waals surface area contributed by atoms with Crippen molar-refractivity contribution in [1.82, 2.24) is 4.57 Å². The number of aromatic carboxylic acids is 1. The van der Waals surface area contributed by atoms with Gasteiger partial charge in [0.1, 0.15) is 11.4 Å². The maximum atomic E-state index is 11.8. The van der Waals surface area contributed by atoms with Crippen molar-refractivity contribution in [2.24, 2.45) is 0 Å². The fourth-order valence-electron chi connectivity index (χ4n) is 1.79. The third-order valence-corrected chi connectivity index (χ3v) is 3.39. The van der Waals surface area contributed by atoms with Crippen LogP contribution >= 0.6 is 11.3 Å². The minimum Gasteiger partial charge on any atom is -0.508 e. The van der Waals surface area contributed by atoms with E-state index in [9.17, 15) is 14.7 Å². The molecule has 0 bridgehead atoms. The van der Waals surface area contributed by atoms with Gasteiger partial charge in [0.05, 0.1) is 6.04 Å². The lowest BCUT2D eigenvalue weighted by Gasteiger charge is -2.17. The van der Waals surface area contributed by atoms with Gasteiger partial charge in [0, 0.05) is 12.1 Å². The largest absolute Gasteiger partial charge is 0.508 e. The number of rotatable bonds is 3. The first-order valence-corrected chi connectivity index (χ1v) is 6.16. The Hall–Kier alpha value is -2.08. The van der Waals surface area contributed by atoms with E-state index in [-0.39, 0.29) is 11.4 Å². The SMILES string of the molecule is CC(c1ccsc1)n1c(C(=O)O)cc(O)cc1=O. The zero-order valence-electron chi connectivity index (χ0n) is 9.53. The first-order valence-electron chi connectivity index (χ1n) is 5.21. The Labute approximate surface area is 107 Å². The average Bonchev–Trinajstić information content (AvgIpc) is 2.80. The summed E-state index contributed by atoms with van der Waals surface area (Å²) in [6, 6.07) is 3.53. The van der Waals surface area contributed by atoms with Crippen LogP contribution in [0.15, 0.2) is 33.8 Å². The van der Waals surface area contributed by atoms with Crippen molar-refractivity contribution in [3.05, 3.63) is 50.6 Å². The third kappa shape index (κ3) is 2.14. The molecular weight excluding hydrogens is 254 g/mol. The summed E-state index contributed by atoms with van der Waals surface area (Å²) >= 11 is 1.47. The van der Waals surface area contributed by atoms with E-state index in [1.54, 1.807) is 6.92 Å². The van der Waals surface area contributed by atoms with Crippen LogP contribution in [0.5, 0.6) is 5.75 Å². The summed E-state index contributed by atoms with van der Waals surface area (Å²) in [6.07, 6.45) is 0. The standard InChI is InChI=1S/C12H11NO4S/c1-7(8-2-3-18-6-8)13-10(12(16)17)4-9(14)5-11(13)15/h2-7,14H,1H3,(H,16,17). The highest BCUT2D eigenvalue weighted by atomic mass is 32.1. The van der Waals surface area contributed by atoms with Gasteiger partial charge in [0.2, 0.25) is 0 Å². The Morgan fingerprint density at radius 2 is 2.17 bits per heavy atom. The molecule has 18 heavy (non-hydrogen) atoms. The number of nitrogens with zero attached hydrogens (tertiary/aromatic N) is 1. The monoisotopic (exact) mass is 265 g/mol. The van der Waals surface area contributed by atoms with Crippen LogP contribution in [0, 0.1) is 0 Å². The van der Waals surface area contributed by atoms with Gasteiger partial charge in [-0.3, -0.25) is 9.36 Å². The molecule has 2 N–H and O–H groups in total. The number of hydrogen-bond donors (Lipinski definition) is 2. The van der Waals surface area contributed by atoms with Gasteiger partial charge in [-0.2, -0.15) is 11.3 Å². The molecule has 0 aliphatic carbocycles. The predicted octanol–water partition coefficient (Wildman–Crippen LogP) is 1.92. The molecule has 2 aromatic heterocycles. The number of aromatic hydroxyl groups is 1. The van der Waals surface area contributed by atoms with Crippen LogP contribution in [-0.4, -0.2) is 20.7 Å². The minimum atomic E-state index is -1.25. The quantitative estimate of drug-likeness (QED) is 0.888. The molecule has 0 saturated carbocycles. The van der Waals surface area contributed by atoms with E-state index in [0.717, 1.165) is 22.3 Å². The summed E-state index contributed by atoms with van der Waals surface area (Å²) in [5.41, 5.74) is 0.0973. The second kappa shape index (κ2) is 4.66. The Balaban J connectivity index is 2.63. The van der Waals surface area contributed by atoms with Gasteiger partial charge >= 0.3 is 5.97 Å². The smallest absolute Gasteiger partial charge is 0.352 e. The summed E-state index contributed by atoms with van der Waals surface area (Å²) < 4.78 is 1.16. The van der Waals surface area contributed by atoms with Crippen LogP contribution in [0.25, 0.3) is 0 Å². The number of carboxylic acid groups (broad SMARTS) is 1. The number of carbonyl (C=O) groups is 1. The lowest BCUT2D eigenvalue weighted by atomic mass is 10.1. The van der Waals surface area contributed by atoms with Gasteiger partial charge < -0.3 is 10.2 Å². The molecule has 2 heterocycles. The molecule has 0 amide bonds. The van der Waals surface area contributed by atoms with E-state index < -0.39 is 17.6 Å². The van der Waals surface area contributed by atoms with Crippen molar-refractivity contribution in [2.75, 3.05) is 0 Å². The highest BCUT2D eigenvalue weighted by molar-refractivity contribution is 7.07. The maximum Gasteiger partial charge on any atom is 0.352 e. The number of carboxylic acids is 1. The second-order valence-electron chi connectivity index (χ2n) is 3.84. The molecule has 6 heteroatoms. The lowest BCUT2D eigenvalue weighted by molar-refractivity contribution is 0.0681. The molecule has 0 aliphatic rings. The molecule has 0 radical (unpaired) electrons. The Morgan fingerprint density at radius 1 is 1.44 bits per heavy atom. The molecule has 0 fully saturated rings. The van der Waals surface area contributed by atoms with Crippen molar-refractivity contribution >= 4 is 17.3 Å². The molecule has 0 aromatic carbocycles. The van der Waals surface area contributed by atoms with E-state index in [0.29, 0.717) is 0 Å². The number of aromatic nitrogens is 1. The average molecular weight is 265 g/mol. The number of pyridine rings is 1. The number of hydrogen-bond acceptors (Lipinski definition) is 4. The summed E-state index contributed by atoms with van der Waals surface area (Å²) in [6.45, 7) is 1.74. The van der Waals surface area contributed by atoms with Crippen LogP contribution in [0.2, 0.25) is 0 Å². The van der Waals surface area contributed by atoms with Gasteiger partial charge in [0.25, 0.3) is 5.56 Å². The third-order valence-electron chi connectivity index (χ3n) is 2.68. The summed E-state index contributed by atoms with van der Waals surface area (Å²) in [5, 5.41) is 22.1. The Bertz CT molecular complexity index is 630. The van der Waals surface area contributed by atoms with E-state index in [1.807, 2.05) is 16.8 Å². The van der Waals surface area contributed by atoms with Crippen molar-refractivity contribution in [3.8, 4) is 5.75 Å². The fraction of sp³-hybridized carbons (Fsp3) is 0.167. The lowest BCUT2D eigenvalue weighted by Crippen LogP contribution is -2.28. The molecule has 94 valence electrons. The van der Waals surface area contributed by atoms with E-state index in [2.05, 4.69) is 0 Å². The molecule has 0 aliphatic heterocycles. The highest BCUT2D eigenvalue weighted by Gasteiger charge is 2.19. The summed E-state index contributed by atoms with van der Waals surface area (Å²) in [7, 11) is 0. The number of thiophene rings is 1. The predicted molar refractivity (Wildman–Crippen MR) is 67.5 cm³/mol. The van der Waals surface area contributed by atoms with Gasteiger partial charge in [-0.15, -0.1) is 0 Å². The highest BCUT2D eigenvalue weighted by Crippen LogP contribution is 2.21.